The highest BCUT2D eigenvalue weighted by molar-refractivity contribution is 9.10. The molecule has 0 atom stereocenters. The SMILES string of the molecule is O=C(NCCc1cc(Cl)ccc1Br)Oc1ccc([N+](=O)[O-])cc1. The Labute approximate surface area is 145 Å². The Hall–Kier alpha value is -2.12. The Morgan fingerprint density at radius 1 is 1.26 bits per heavy atom. The molecule has 1 amide bonds. The molecule has 0 aliphatic heterocycles. The monoisotopic (exact) mass is 398 g/mol. The van der Waals surface area contributed by atoms with Crippen molar-refractivity contribution < 1.29 is 14.5 Å². The highest BCUT2D eigenvalue weighted by atomic mass is 79.9. The number of non-ortho nitro benzene ring substituents is 1. The summed E-state index contributed by atoms with van der Waals surface area (Å²) in [6.07, 6.45) is -0.0479. The molecule has 6 nitrogen and oxygen atoms in total. The van der Waals surface area contributed by atoms with E-state index in [2.05, 4.69) is 21.2 Å². The fraction of sp³-hybridized carbons (Fsp3) is 0.133. The van der Waals surface area contributed by atoms with Gasteiger partial charge in [0.15, 0.2) is 0 Å². The third-order valence-electron chi connectivity index (χ3n) is 2.93. The second-order valence-corrected chi connectivity index (χ2v) is 5.84. The summed E-state index contributed by atoms with van der Waals surface area (Å²) in [6, 6.07) is 10.7. The Bertz CT molecular complexity index is 722. The predicted molar refractivity (Wildman–Crippen MR) is 90.0 cm³/mol. The van der Waals surface area contributed by atoms with Crippen LogP contribution in [0.2, 0.25) is 5.02 Å². The van der Waals surface area contributed by atoms with Gasteiger partial charge in [-0.25, -0.2) is 4.79 Å². The molecule has 2 aromatic carbocycles. The van der Waals surface area contributed by atoms with Crippen LogP contribution in [0.4, 0.5) is 10.5 Å². The van der Waals surface area contributed by atoms with Gasteiger partial charge in [0, 0.05) is 28.2 Å². The summed E-state index contributed by atoms with van der Waals surface area (Å²) in [5.74, 6) is 0.233. The molecule has 0 aliphatic rings. The first-order valence-electron chi connectivity index (χ1n) is 6.60. The molecule has 0 spiro atoms. The van der Waals surface area contributed by atoms with E-state index >= 15 is 0 Å². The number of carbonyl (C=O) groups is 1. The number of nitrogens with zero attached hydrogens (tertiary/aromatic N) is 1. The first-order chi connectivity index (χ1) is 11.0. The fourth-order valence-corrected chi connectivity index (χ4v) is 2.45. The maximum atomic E-state index is 11.7. The molecule has 0 fully saturated rings. The van der Waals surface area contributed by atoms with Gasteiger partial charge < -0.3 is 10.1 Å². The molecule has 0 heterocycles. The van der Waals surface area contributed by atoms with Crippen LogP contribution in [0.1, 0.15) is 5.56 Å². The minimum Gasteiger partial charge on any atom is -0.410 e. The standard InChI is InChI=1S/C15H12BrClN2O4/c16-14-6-1-11(17)9-10(14)7-8-18-15(20)23-13-4-2-12(3-5-13)19(21)22/h1-6,9H,7-8H2,(H,18,20). The van der Waals surface area contributed by atoms with Crippen molar-refractivity contribution in [1.29, 1.82) is 0 Å². The smallest absolute Gasteiger partial charge is 0.410 e. The molecular formula is C15H12BrClN2O4. The second kappa shape index (κ2) is 7.94. The molecule has 23 heavy (non-hydrogen) atoms. The van der Waals surface area contributed by atoms with E-state index in [1.54, 1.807) is 6.07 Å². The average molecular weight is 400 g/mol. The number of nitrogens with one attached hydrogen (secondary N) is 1. The number of rotatable bonds is 5. The van der Waals surface area contributed by atoms with Crippen molar-refractivity contribution >= 4 is 39.3 Å². The summed E-state index contributed by atoms with van der Waals surface area (Å²) in [5, 5.41) is 13.8. The first-order valence-corrected chi connectivity index (χ1v) is 7.77. The molecule has 2 rings (SSSR count). The van der Waals surface area contributed by atoms with Crippen LogP contribution < -0.4 is 10.1 Å². The number of nitro benzene ring substituents is 1. The van der Waals surface area contributed by atoms with Gasteiger partial charge in [0.2, 0.25) is 0 Å². The lowest BCUT2D eigenvalue weighted by molar-refractivity contribution is -0.384. The van der Waals surface area contributed by atoms with Crippen molar-refractivity contribution in [1.82, 2.24) is 5.32 Å². The van der Waals surface area contributed by atoms with Gasteiger partial charge in [-0.15, -0.1) is 0 Å². The molecule has 0 aromatic heterocycles. The molecular weight excluding hydrogens is 388 g/mol. The van der Waals surface area contributed by atoms with Gasteiger partial charge in [-0.1, -0.05) is 27.5 Å². The number of hydrogen-bond acceptors (Lipinski definition) is 4. The minimum absolute atomic E-state index is 0.0661. The van der Waals surface area contributed by atoms with E-state index in [0.29, 0.717) is 18.0 Å². The van der Waals surface area contributed by atoms with E-state index < -0.39 is 11.0 Å². The average Bonchev–Trinajstić information content (AvgIpc) is 2.51. The number of carbonyl (C=O) groups excluding carboxylic acids is 1. The molecule has 0 saturated heterocycles. The van der Waals surface area contributed by atoms with Crippen LogP contribution in [0.5, 0.6) is 5.75 Å². The van der Waals surface area contributed by atoms with Crippen LogP contribution in [0, 0.1) is 10.1 Å². The maximum absolute atomic E-state index is 11.7. The van der Waals surface area contributed by atoms with Crippen molar-refractivity contribution in [3.05, 3.63) is 67.6 Å². The van der Waals surface area contributed by atoms with Crippen molar-refractivity contribution in [3.8, 4) is 5.75 Å². The second-order valence-electron chi connectivity index (χ2n) is 4.55. The van der Waals surface area contributed by atoms with Crippen LogP contribution in [0.25, 0.3) is 0 Å². The summed E-state index contributed by atoms with van der Waals surface area (Å²) in [7, 11) is 0. The molecule has 0 saturated carbocycles. The predicted octanol–water partition coefficient (Wildman–Crippen LogP) is 4.34. The minimum atomic E-state index is -0.628. The van der Waals surface area contributed by atoms with E-state index in [9.17, 15) is 14.9 Å². The number of ether oxygens (including phenoxy) is 1. The van der Waals surface area contributed by atoms with Crippen molar-refractivity contribution in [2.24, 2.45) is 0 Å². The summed E-state index contributed by atoms with van der Waals surface area (Å²) < 4.78 is 5.94. The summed E-state index contributed by atoms with van der Waals surface area (Å²) >= 11 is 9.33. The molecule has 8 heteroatoms. The van der Waals surface area contributed by atoms with Crippen LogP contribution in [0.15, 0.2) is 46.9 Å². The van der Waals surface area contributed by atoms with Gasteiger partial charge in [0.25, 0.3) is 5.69 Å². The van der Waals surface area contributed by atoms with Crippen LogP contribution in [-0.4, -0.2) is 17.6 Å². The third kappa shape index (κ3) is 5.22. The zero-order valence-corrected chi connectivity index (χ0v) is 14.1. The number of halogens is 2. The molecule has 1 N–H and O–H groups in total. The highest BCUT2D eigenvalue weighted by Crippen LogP contribution is 2.21. The van der Waals surface area contributed by atoms with E-state index in [0.717, 1.165) is 10.0 Å². The van der Waals surface area contributed by atoms with Crippen molar-refractivity contribution in [2.75, 3.05) is 6.54 Å². The van der Waals surface area contributed by atoms with E-state index in [-0.39, 0.29) is 11.4 Å². The molecule has 0 radical (unpaired) electrons. The van der Waals surface area contributed by atoms with Gasteiger partial charge >= 0.3 is 6.09 Å². The van der Waals surface area contributed by atoms with Gasteiger partial charge in [-0.3, -0.25) is 10.1 Å². The summed E-state index contributed by atoms with van der Waals surface area (Å²) in [5.41, 5.74) is 0.900. The fourth-order valence-electron chi connectivity index (χ4n) is 1.81. The topological polar surface area (TPSA) is 81.5 Å². The van der Waals surface area contributed by atoms with Gasteiger partial charge in [0.1, 0.15) is 5.75 Å². The van der Waals surface area contributed by atoms with Crippen LogP contribution >= 0.6 is 27.5 Å². The number of amides is 1. The van der Waals surface area contributed by atoms with E-state index in [1.807, 2.05) is 12.1 Å². The highest BCUT2D eigenvalue weighted by Gasteiger charge is 2.08. The lowest BCUT2D eigenvalue weighted by atomic mass is 10.1. The Balaban J connectivity index is 1.83. The van der Waals surface area contributed by atoms with E-state index in [1.165, 1.54) is 24.3 Å². The quantitative estimate of drug-likeness (QED) is 0.599. The molecule has 2 aromatic rings. The number of hydrogen-bond donors (Lipinski definition) is 1. The largest absolute Gasteiger partial charge is 0.412 e. The molecule has 0 aliphatic carbocycles. The molecule has 0 unspecified atom stereocenters. The Morgan fingerprint density at radius 2 is 1.96 bits per heavy atom. The summed E-state index contributed by atoms with van der Waals surface area (Å²) in [4.78, 5) is 21.7. The lowest BCUT2D eigenvalue weighted by Gasteiger charge is -2.08. The van der Waals surface area contributed by atoms with Gasteiger partial charge in [-0.05, 0) is 42.3 Å². The zero-order chi connectivity index (χ0) is 16.8. The van der Waals surface area contributed by atoms with Crippen LogP contribution in [0.3, 0.4) is 0 Å². The molecule has 120 valence electrons. The zero-order valence-electron chi connectivity index (χ0n) is 11.8. The summed E-state index contributed by atoms with van der Waals surface area (Å²) in [6.45, 7) is 0.366. The Morgan fingerprint density at radius 3 is 2.61 bits per heavy atom. The van der Waals surface area contributed by atoms with Crippen molar-refractivity contribution in [2.45, 2.75) is 6.42 Å². The van der Waals surface area contributed by atoms with Gasteiger partial charge in [-0.2, -0.15) is 0 Å². The number of nitro groups is 1. The Kier molecular flexibility index (Phi) is 5.95. The van der Waals surface area contributed by atoms with Crippen molar-refractivity contribution in [3.63, 3.8) is 0 Å². The normalized spacial score (nSPS) is 10.2. The third-order valence-corrected chi connectivity index (χ3v) is 3.94. The first kappa shape index (κ1) is 17.2. The maximum Gasteiger partial charge on any atom is 0.412 e. The number of benzene rings is 2. The van der Waals surface area contributed by atoms with E-state index in [4.69, 9.17) is 16.3 Å². The lowest BCUT2D eigenvalue weighted by Crippen LogP contribution is -2.28. The van der Waals surface area contributed by atoms with Gasteiger partial charge in [0.05, 0.1) is 4.92 Å². The molecule has 0 bridgehead atoms. The van der Waals surface area contributed by atoms with Crippen LogP contribution in [-0.2, 0) is 6.42 Å².